The van der Waals surface area contributed by atoms with Gasteiger partial charge in [0.25, 0.3) is 5.69 Å². The Labute approximate surface area is 117 Å². The van der Waals surface area contributed by atoms with Crippen molar-refractivity contribution in [3.05, 3.63) is 62.6 Å². The van der Waals surface area contributed by atoms with Crippen molar-refractivity contribution in [1.82, 2.24) is 0 Å². The van der Waals surface area contributed by atoms with E-state index in [1.54, 1.807) is 30.3 Å². The summed E-state index contributed by atoms with van der Waals surface area (Å²) in [7, 11) is 0. The molecule has 0 atom stereocenters. The SMILES string of the molecule is O=[N+]([O-])c1ccc(Br)c(OCc2cccc(O)c2)c1. The van der Waals surface area contributed by atoms with E-state index in [9.17, 15) is 15.2 Å². The molecule has 0 aliphatic carbocycles. The predicted octanol–water partition coefficient (Wildman–Crippen LogP) is 3.64. The third-order valence-electron chi connectivity index (χ3n) is 2.43. The van der Waals surface area contributed by atoms with E-state index >= 15 is 0 Å². The van der Waals surface area contributed by atoms with Crippen LogP contribution in [0.5, 0.6) is 11.5 Å². The van der Waals surface area contributed by atoms with Crippen molar-refractivity contribution in [1.29, 1.82) is 0 Å². The number of non-ortho nitro benzene ring substituents is 1. The van der Waals surface area contributed by atoms with Gasteiger partial charge in [-0.25, -0.2) is 0 Å². The number of benzene rings is 2. The smallest absolute Gasteiger partial charge is 0.273 e. The van der Waals surface area contributed by atoms with Crippen LogP contribution in [0, 0.1) is 10.1 Å². The van der Waals surface area contributed by atoms with Gasteiger partial charge in [-0.3, -0.25) is 10.1 Å². The second kappa shape index (κ2) is 5.71. The molecule has 1 N–H and O–H groups in total. The summed E-state index contributed by atoms with van der Waals surface area (Å²) in [5.41, 5.74) is 0.743. The quantitative estimate of drug-likeness (QED) is 0.688. The Bertz CT molecular complexity index is 615. The fraction of sp³-hybridized carbons (Fsp3) is 0.0769. The van der Waals surface area contributed by atoms with Gasteiger partial charge < -0.3 is 9.84 Å². The van der Waals surface area contributed by atoms with Crippen LogP contribution in [0.1, 0.15) is 5.56 Å². The van der Waals surface area contributed by atoms with E-state index in [4.69, 9.17) is 4.74 Å². The summed E-state index contributed by atoms with van der Waals surface area (Å²) in [5, 5.41) is 20.0. The number of aromatic hydroxyl groups is 1. The summed E-state index contributed by atoms with van der Waals surface area (Å²) in [5.74, 6) is 0.539. The van der Waals surface area contributed by atoms with Crippen molar-refractivity contribution < 1.29 is 14.8 Å². The lowest BCUT2D eigenvalue weighted by Gasteiger charge is -2.08. The lowest BCUT2D eigenvalue weighted by atomic mass is 10.2. The van der Waals surface area contributed by atoms with Crippen LogP contribution < -0.4 is 4.74 Å². The van der Waals surface area contributed by atoms with Gasteiger partial charge >= 0.3 is 0 Å². The monoisotopic (exact) mass is 323 g/mol. The summed E-state index contributed by atoms with van der Waals surface area (Å²) >= 11 is 3.27. The fourth-order valence-corrected chi connectivity index (χ4v) is 1.88. The van der Waals surface area contributed by atoms with Gasteiger partial charge in [-0.2, -0.15) is 0 Å². The van der Waals surface area contributed by atoms with Gasteiger partial charge in [-0.15, -0.1) is 0 Å². The first kappa shape index (κ1) is 13.4. The van der Waals surface area contributed by atoms with Crippen molar-refractivity contribution in [2.24, 2.45) is 0 Å². The topological polar surface area (TPSA) is 72.6 Å². The van der Waals surface area contributed by atoms with Gasteiger partial charge in [-0.05, 0) is 39.7 Å². The normalized spacial score (nSPS) is 10.2. The highest BCUT2D eigenvalue weighted by molar-refractivity contribution is 9.10. The molecule has 0 unspecified atom stereocenters. The molecule has 0 aromatic heterocycles. The Hall–Kier alpha value is -2.08. The molecule has 0 spiro atoms. The van der Waals surface area contributed by atoms with Gasteiger partial charge in [0.05, 0.1) is 15.5 Å². The van der Waals surface area contributed by atoms with Gasteiger partial charge in [-0.1, -0.05) is 12.1 Å². The number of phenols is 1. The van der Waals surface area contributed by atoms with Gasteiger partial charge in [0.15, 0.2) is 0 Å². The second-order valence-electron chi connectivity index (χ2n) is 3.83. The van der Waals surface area contributed by atoms with Crippen molar-refractivity contribution in [2.45, 2.75) is 6.61 Å². The van der Waals surface area contributed by atoms with E-state index < -0.39 is 4.92 Å². The molecule has 5 nitrogen and oxygen atoms in total. The lowest BCUT2D eigenvalue weighted by Crippen LogP contribution is -1.97. The molecule has 0 saturated heterocycles. The number of phenolic OH excluding ortho intramolecular Hbond substituents is 1. The van der Waals surface area contributed by atoms with Crippen LogP contribution in [0.4, 0.5) is 5.69 Å². The number of halogens is 1. The summed E-state index contributed by atoms with van der Waals surface area (Å²) in [6.07, 6.45) is 0. The van der Waals surface area contributed by atoms with Crippen LogP contribution in [0.3, 0.4) is 0 Å². The lowest BCUT2D eigenvalue weighted by molar-refractivity contribution is -0.385. The molecule has 0 aliphatic rings. The van der Waals surface area contributed by atoms with Crippen LogP contribution in [-0.4, -0.2) is 10.0 Å². The average molecular weight is 324 g/mol. The molecule has 98 valence electrons. The zero-order valence-electron chi connectivity index (χ0n) is 9.75. The van der Waals surface area contributed by atoms with Crippen LogP contribution in [-0.2, 0) is 6.61 Å². The molecule has 0 fully saturated rings. The standard InChI is InChI=1S/C13H10BrNO4/c14-12-5-4-10(15(17)18)7-13(12)19-8-9-2-1-3-11(16)6-9/h1-7,16H,8H2. The minimum Gasteiger partial charge on any atom is -0.508 e. The summed E-state index contributed by atoms with van der Waals surface area (Å²) < 4.78 is 6.14. The number of nitro benzene ring substituents is 1. The molecule has 0 bridgehead atoms. The van der Waals surface area contributed by atoms with Gasteiger partial charge in [0.1, 0.15) is 18.1 Å². The molecule has 2 aromatic carbocycles. The van der Waals surface area contributed by atoms with Crippen molar-refractivity contribution in [2.75, 3.05) is 0 Å². The third kappa shape index (κ3) is 3.45. The average Bonchev–Trinajstić information content (AvgIpc) is 2.37. The highest BCUT2D eigenvalue weighted by Gasteiger charge is 2.10. The minimum absolute atomic E-state index is 0.0332. The van der Waals surface area contributed by atoms with Crippen molar-refractivity contribution in [3.8, 4) is 11.5 Å². The zero-order chi connectivity index (χ0) is 13.8. The molecule has 2 rings (SSSR count). The van der Waals surface area contributed by atoms with Crippen LogP contribution in [0.2, 0.25) is 0 Å². The summed E-state index contributed by atoms with van der Waals surface area (Å²) in [6, 6.07) is 11.0. The second-order valence-corrected chi connectivity index (χ2v) is 4.68. The number of hydrogen-bond donors (Lipinski definition) is 1. The molecule has 0 heterocycles. The maximum atomic E-state index is 10.7. The molecule has 19 heavy (non-hydrogen) atoms. The molecule has 2 aromatic rings. The van der Waals surface area contributed by atoms with Crippen LogP contribution >= 0.6 is 15.9 Å². The van der Waals surface area contributed by atoms with E-state index in [0.717, 1.165) is 5.56 Å². The molecule has 0 amide bonds. The van der Waals surface area contributed by atoms with Crippen molar-refractivity contribution >= 4 is 21.6 Å². The Kier molecular flexibility index (Phi) is 4.01. The number of ether oxygens (including phenoxy) is 1. The molecular formula is C13H10BrNO4. The molecule has 0 radical (unpaired) electrons. The van der Waals surface area contributed by atoms with E-state index in [1.165, 1.54) is 12.1 Å². The van der Waals surface area contributed by atoms with Gasteiger partial charge in [0.2, 0.25) is 0 Å². The van der Waals surface area contributed by atoms with E-state index in [-0.39, 0.29) is 18.0 Å². The van der Waals surface area contributed by atoms with E-state index in [2.05, 4.69) is 15.9 Å². The Morgan fingerprint density at radius 1 is 1.26 bits per heavy atom. The molecule has 0 saturated carbocycles. The zero-order valence-corrected chi connectivity index (χ0v) is 11.3. The van der Waals surface area contributed by atoms with Crippen LogP contribution in [0.25, 0.3) is 0 Å². The van der Waals surface area contributed by atoms with E-state index in [0.29, 0.717) is 10.2 Å². The minimum atomic E-state index is -0.479. The van der Waals surface area contributed by atoms with Crippen LogP contribution in [0.15, 0.2) is 46.9 Å². The maximum absolute atomic E-state index is 10.7. The Balaban J connectivity index is 2.15. The molecule has 6 heteroatoms. The summed E-state index contributed by atoms with van der Waals surface area (Å²) in [6.45, 7) is 0.216. The number of nitro groups is 1. The number of hydrogen-bond acceptors (Lipinski definition) is 4. The number of rotatable bonds is 4. The molecule has 0 aliphatic heterocycles. The van der Waals surface area contributed by atoms with Crippen molar-refractivity contribution in [3.63, 3.8) is 0 Å². The largest absolute Gasteiger partial charge is 0.508 e. The fourth-order valence-electron chi connectivity index (χ4n) is 1.52. The third-order valence-corrected chi connectivity index (χ3v) is 3.09. The highest BCUT2D eigenvalue weighted by atomic mass is 79.9. The Morgan fingerprint density at radius 3 is 2.74 bits per heavy atom. The predicted molar refractivity (Wildman–Crippen MR) is 73.2 cm³/mol. The maximum Gasteiger partial charge on any atom is 0.273 e. The van der Waals surface area contributed by atoms with Gasteiger partial charge in [0, 0.05) is 6.07 Å². The first-order chi connectivity index (χ1) is 9.06. The molecular weight excluding hydrogens is 314 g/mol. The number of nitrogens with zero attached hydrogens (tertiary/aromatic N) is 1. The van der Waals surface area contributed by atoms with E-state index in [1.807, 2.05) is 0 Å². The Morgan fingerprint density at radius 2 is 2.05 bits per heavy atom. The summed E-state index contributed by atoms with van der Waals surface area (Å²) in [4.78, 5) is 10.2. The first-order valence-corrected chi connectivity index (χ1v) is 6.20. The highest BCUT2D eigenvalue weighted by Crippen LogP contribution is 2.30. The first-order valence-electron chi connectivity index (χ1n) is 5.41.